The lowest BCUT2D eigenvalue weighted by molar-refractivity contribution is -0.228. The summed E-state index contributed by atoms with van der Waals surface area (Å²) in [6.45, 7) is 5.68. The Balaban J connectivity index is 1.75. The molecule has 5 heteroatoms. The summed E-state index contributed by atoms with van der Waals surface area (Å²) in [6, 6.07) is 0. The van der Waals surface area contributed by atoms with Crippen molar-refractivity contribution < 1.29 is 24.5 Å². The summed E-state index contributed by atoms with van der Waals surface area (Å²) < 4.78 is 5.62. The number of esters is 1. The van der Waals surface area contributed by atoms with E-state index in [0.29, 0.717) is 6.42 Å². The number of aliphatic hydroxyl groups is 2. The molecule has 27 heavy (non-hydrogen) atoms. The molecule has 3 fully saturated rings. The molecular formula is C22H32O5. The molecule has 3 saturated carbocycles. The molecule has 0 amide bonds. The minimum atomic E-state index is -0.562. The van der Waals surface area contributed by atoms with E-state index in [1.807, 2.05) is 6.92 Å². The Kier molecular flexibility index (Phi) is 4.36. The minimum absolute atomic E-state index is 0.0484. The molecule has 4 rings (SSSR count). The number of rotatable bonds is 3. The van der Waals surface area contributed by atoms with Crippen molar-refractivity contribution in [3.8, 4) is 0 Å². The van der Waals surface area contributed by atoms with Gasteiger partial charge in [-0.3, -0.25) is 9.59 Å². The van der Waals surface area contributed by atoms with E-state index >= 15 is 0 Å². The van der Waals surface area contributed by atoms with Gasteiger partial charge in [0.2, 0.25) is 0 Å². The van der Waals surface area contributed by atoms with Crippen molar-refractivity contribution in [1.29, 1.82) is 0 Å². The number of hydrogen-bond acceptors (Lipinski definition) is 5. The zero-order valence-corrected chi connectivity index (χ0v) is 16.6. The van der Waals surface area contributed by atoms with Gasteiger partial charge in [0, 0.05) is 17.8 Å². The second-order valence-corrected chi connectivity index (χ2v) is 10.0. The lowest BCUT2D eigenvalue weighted by atomic mass is 9.40. The zero-order chi connectivity index (χ0) is 19.6. The normalized spacial score (nSPS) is 51.0. The maximum Gasteiger partial charge on any atom is 0.302 e. The first-order valence-electron chi connectivity index (χ1n) is 10.4. The third-order valence-corrected chi connectivity index (χ3v) is 8.89. The number of aliphatic hydroxyl groups excluding tert-OH is 2. The van der Waals surface area contributed by atoms with E-state index in [0.717, 1.165) is 44.0 Å². The van der Waals surface area contributed by atoms with Crippen molar-refractivity contribution in [2.75, 3.05) is 6.61 Å². The molecule has 150 valence electrons. The van der Waals surface area contributed by atoms with Crippen molar-refractivity contribution in [3.05, 3.63) is 11.6 Å². The Bertz CT molecular complexity index is 686. The molecular weight excluding hydrogens is 344 g/mol. The van der Waals surface area contributed by atoms with Crippen LogP contribution >= 0.6 is 0 Å². The van der Waals surface area contributed by atoms with E-state index in [9.17, 15) is 19.8 Å². The fraction of sp³-hybridized carbons (Fsp3) is 0.818. The second kappa shape index (κ2) is 6.15. The van der Waals surface area contributed by atoms with E-state index in [-0.39, 0.29) is 47.3 Å². The third kappa shape index (κ3) is 2.43. The number of carbonyl (C=O) groups excluding carboxylic acids is 2. The summed E-state index contributed by atoms with van der Waals surface area (Å²) >= 11 is 0. The molecule has 4 aliphatic carbocycles. The average Bonchev–Trinajstić information content (AvgIpc) is 2.92. The molecule has 0 radical (unpaired) electrons. The van der Waals surface area contributed by atoms with E-state index in [2.05, 4.69) is 13.0 Å². The minimum Gasteiger partial charge on any atom is -0.462 e. The highest BCUT2D eigenvalue weighted by Gasteiger charge is 2.67. The van der Waals surface area contributed by atoms with E-state index in [1.165, 1.54) is 6.92 Å². The van der Waals surface area contributed by atoms with E-state index in [1.54, 1.807) is 0 Å². The van der Waals surface area contributed by atoms with Gasteiger partial charge < -0.3 is 14.9 Å². The van der Waals surface area contributed by atoms with Crippen LogP contribution in [0, 0.1) is 34.0 Å². The molecule has 2 N–H and O–H groups in total. The van der Waals surface area contributed by atoms with Crippen LogP contribution < -0.4 is 0 Å². The molecule has 0 aromatic carbocycles. The first-order chi connectivity index (χ1) is 12.7. The van der Waals surface area contributed by atoms with Crippen LogP contribution in [-0.4, -0.2) is 41.3 Å². The molecule has 2 unspecified atom stereocenters. The quantitative estimate of drug-likeness (QED) is 0.584. The molecule has 0 aromatic heterocycles. The SMILES string of the molecule is CC(=O)O[C@@H]1CC[C@@]2(C)C3CC[C@@H]4C[C@]3(C=C4C=O)[C@@H](O)CC2[C@@]1(C)CO. The molecule has 0 aromatic rings. The molecule has 1 spiro atoms. The fourth-order valence-corrected chi connectivity index (χ4v) is 7.65. The molecule has 0 aliphatic heterocycles. The van der Waals surface area contributed by atoms with Crippen molar-refractivity contribution in [1.82, 2.24) is 0 Å². The number of carbonyl (C=O) groups is 2. The maximum atomic E-state index is 11.6. The Morgan fingerprint density at radius 1 is 1.30 bits per heavy atom. The predicted octanol–water partition coefficient (Wildman–Crippen LogP) is 2.64. The van der Waals surface area contributed by atoms with Crippen molar-refractivity contribution in [2.24, 2.45) is 34.0 Å². The molecule has 0 saturated heterocycles. The standard InChI is InChI=1S/C22H32O5/c1-13(25)27-19-6-7-20(2)16-5-4-14-9-22(16,10-15(14)11-23)18(26)8-17(20)21(19,3)12-24/h10-11,14,16-19,24,26H,4-9,12H2,1-3H3/t14-,16?,17?,18+,19-,20+,21-,22-/m1/s1. The maximum absolute atomic E-state index is 11.6. The first-order valence-corrected chi connectivity index (χ1v) is 10.4. The number of fused-ring (bicyclic) bond motifs is 3. The summed E-state index contributed by atoms with van der Waals surface area (Å²) in [5.41, 5.74) is -0.0482. The molecule has 0 heterocycles. The summed E-state index contributed by atoms with van der Waals surface area (Å²) in [5, 5.41) is 21.6. The number of allylic oxidation sites excluding steroid dienone is 1. The van der Waals surface area contributed by atoms with Crippen LogP contribution in [0.3, 0.4) is 0 Å². The van der Waals surface area contributed by atoms with Gasteiger partial charge in [0.05, 0.1) is 12.7 Å². The van der Waals surface area contributed by atoms with Crippen LogP contribution in [-0.2, 0) is 14.3 Å². The largest absolute Gasteiger partial charge is 0.462 e. The van der Waals surface area contributed by atoms with Crippen LogP contribution in [0.2, 0.25) is 0 Å². The smallest absolute Gasteiger partial charge is 0.302 e. The highest BCUT2D eigenvalue weighted by atomic mass is 16.5. The van der Waals surface area contributed by atoms with Gasteiger partial charge in [0.25, 0.3) is 0 Å². The third-order valence-electron chi connectivity index (χ3n) is 8.89. The van der Waals surface area contributed by atoms with E-state index < -0.39 is 11.5 Å². The highest BCUT2D eigenvalue weighted by molar-refractivity contribution is 5.75. The number of hydrogen-bond donors (Lipinski definition) is 2. The van der Waals surface area contributed by atoms with Gasteiger partial charge in [-0.15, -0.1) is 0 Å². The van der Waals surface area contributed by atoms with Crippen molar-refractivity contribution >= 4 is 12.3 Å². The van der Waals surface area contributed by atoms with Gasteiger partial charge in [0.1, 0.15) is 12.4 Å². The Morgan fingerprint density at radius 2 is 2.04 bits per heavy atom. The van der Waals surface area contributed by atoms with Crippen LogP contribution in [0.1, 0.15) is 59.3 Å². The van der Waals surface area contributed by atoms with Gasteiger partial charge in [-0.05, 0) is 67.3 Å². The summed E-state index contributed by atoms with van der Waals surface area (Å²) in [6.07, 6.45) is 7.34. The van der Waals surface area contributed by atoms with Crippen molar-refractivity contribution in [2.45, 2.75) is 71.5 Å². The summed E-state index contributed by atoms with van der Waals surface area (Å²) in [4.78, 5) is 23.2. The van der Waals surface area contributed by atoms with Crippen molar-refractivity contribution in [3.63, 3.8) is 0 Å². The van der Waals surface area contributed by atoms with Gasteiger partial charge in [-0.25, -0.2) is 0 Å². The number of aldehydes is 1. The molecule has 8 atom stereocenters. The fourth-order valence-electron chi connectivity index (χ4n) is 7.65. The second-order valence-electron chi connectivity index (χ2n) is 10.0. The van der Waals surface area contributed by atoms with Gasteiger partial charge in [-0.1, -0.05) is 19.9 Å². The van der Waals surface area contributed by atoms with Crippen LogP contribution in [0.15, 0.2) is 11.6 Å². The topological polar surface area (TPSA) is 83.8 Å². The molecule has 2 bridgehead atoms. The molecule has 4 aliphatic rings. The van der Waals surface area contributed by atoms with Gasteiger partial charge in [-0.2, -0.15) is 0 Å². The first kappa shape index (κ1) is 19.1. The van der Waals surface area contributed by atoms with Crippen LogP contribution in [0.4, 0.5) is 0 Å². The monoisotopic (exact) mass is 376 g/mol. The Morgan fingerprint density at radius 3 is 2.67 bits per heavy atom. The lowest BCUT2D eigenvalue weighted by Gasteiger charge is -2.66. The Hall–Kier alpha value is -1.20. The van der Waals surface area contributed by atoms with Gasteiger partial charge in [0.15, 0.2) is 0 Å². The van der Waals surface area contributed by atoms with Gasteiger partial charge >= 0.3 is 5.97 Å². The highest BCUT2D eigenvalue weighted by Crippen LogP contribution is 2.70. The summed E-state index contributed by atoms with van der Waals surface area (Å²) in [5.74, 6) is 0.335. The van der Waals surface area contributed by atoms with Crippen LogP contribution in [0.5, 0.6) is 0 Å². The average molecular weight is 376 g/mol. The number of ether oxygens (including phenoxy) is 1. The molecule has 5 nitrogen and oxygen atoms in total. The Labute approximate surface area is 161 Å². The van der Waals surface area contributed by atoms with E-state index in [4.69, 9.17) is 4.74 Å². The zero-order valence-electron chi connectivity index (χ0n) is 16.6. The lowest BCUT2D eigenvalue weighted by Crippen LogP contribution is -2.65. The predicted molar refractivity (Wildman–Crippen MR) is 99.6 cm³/mol. The van der Waals surface area contributed by atoms with Crippen LogP contribution in [0.25, 0.3) is 0 Å². The summed E-state index contributed by atoms with van der Waals surface area (Å²) in [7, 11) is 0.